The molecule has 0 amide bonds. The molecule has 0 bridgehead atoms. The van der Waals surface area contributed by atoms with Crippen LogP contribution in [0.25, 0.3) is 0 Å². The van der Waals surface area contributed by atoms with Crippen LogP contribution in [0.2, 0.25) is 5.02 Å². The van der Waals surface area contributed by atoms with Gasteiger partial charge >= 0.3 is 0 Å². The van der Waals surface area contributed by atoms with Crippen molar-refractivity contribution in [1.29, 1.82) is 0 Å². The Kier molecular flexibility index (Phi) is 3.58. The van der Waals surface area contributed by atoms with Crippen LogP contribution in [0.15, 0.2) is 36.4 Å². The van der Waals surface area contributed by atoms with Crippen LogP contribution in [-0.4, -0.2) is 7.11 Å². The number of para-hydroxylation sites is 2. The van der Waals surface area contributed by atoms with Gasteiger partial charge in [-0.1, -0.05) is 23.7 Å². The van der Waals surface area contributed by atoms with Crippen LogP contribution < -0.4 is 15.2 Å². The Morgan fingerprint density at radius 3 is 2.44 bits per heavy atom. The molecule has 0 radical (unpaired) electrons. The lowest BCUT2D eigenvalue weighted by molar-refractivity contribution is 0.378. The molecule has 0 aromatic heterocycles. The second-order valence-electron chi connectivity index (χ2n) is 3.56. The summed E-state index contributed by atoms with van der Waals surface area (Å²) in [6.45, 7) is 0. The summed E-state index contributed by atoms with van der Waals surface area (Å²) in [5.41, 5.74) is 5.97. The van der Waals surface area contributed by atoms with Crippen LogP contribution in [0, 0.1) is 5.82 Å². The zero-order valence-corrected chi connectivity index (χ0v) is 10.4. The lowest BCUT2D eigenvalue weighted by atomic mass is 10.2. The van der Waals surface area contributed by atoms with E-state index in [4.69, 9.17) is 26.8 Å². The van der Waals surface area contributed by atoms with Crippen molar-refractivity contribution in [3.8, 4) is 17.2 Å². The molecule has 0 saturated carbocycles. The third kappa shape index (κ3) is 2.49. The fourth-order valence-electron chi connectivity index (χ4n) is 1.45. The number of nitrogen functional groups attached to an aromatic ring is 1. The molecule has 3 nitrogen and oxygen atoms in total. The molecule has 0 fully saturated rings. The highest BCUT2D eigenvalue weighted by atomic mass is 35.5. The molecule has 0 saturated heterocycles. The summed E-state index contributed by atoms with van der Waals surface area (Å²) in [6, 6.07) is 9.46. The van der Waals surface area contributed by atoms with Gasteiger partial charge in [-0.25, -0.2) is 4.39 Å². The molecule has 2 rings (SSSR count). The maximum absolute atomic E-state index is 13.3. The van der Waals surface area contributed by atoms with Crippen molar-refractivity contribution in [3.05, 3.63) is 47.2 Å². The molecule has 94 valence electrons. The standard InChI is InChI=1S/C13H11ClFNO2/c1-17-11-4-2-3-5-12(11)18-13-7-9(15)8(14)6-10(13)16/h2-7H,16H2,1H3. The minimum absolute atomic E-state index is 0.0418. The first-order valence-corrected chi connectivity index (χ1v) is 5.55. The molecule has 2 N–H and O–H groups in total. The third-order valence-electron chi connectivity index (χ3n) is 2.34. The van der Waals surface area contributed by atoms with Crippen LogP contribution in [0.5, 0.6) is 17.2 Å². The zero-order valence-electron chi connectivity index (χ0n) is 9.61. The average Bonchev–Trinajstić information content (AvgIpc) is 2.36. The van der Waals surface area contributed by atoms with E-state index >= 15 is 0 Å². The van der Waals surface area contributed by atoms with Gasteiger partial charge in [-0.2, -0.15) is 0 Å². The molecular weight excluding hydrogens is 257 g/mol. The Hall–Kier alpha value is -1.94. The van der Waals surface area contributed by atoms with E-state index in [1.165, 1.54) is 13.2 Å². The highest BCUT2D eigenvalue weighted by Crippen LogP contribution is 2.35. The van der Waals surface area contributed by atoms with Crippen molar-refractivity contribution in [3.63, 3.8) is 0 Å². The van der Waals surface area contributed by atoms with Gasteiger partial charge in [-0.15, -0.1) is 0 Å². The van der Waals surface area contributed by atoms with E-state index in [1.807, 2.05) is 0 Å². The topological polar surface area (TPSA) is 44.5 Å². The predicted octanol–water partition coefficient (Wildman–Crippen LogP) is 3.86. The number of halogens is 2. The first kappa shape index (κ1) is 12.5. The van der Waals surface area contributed by atoms with E-state index in [0.717, 1.165) is 6.07 Å². The highest BCUT2D eigenvalue weighted by molar-refractivity contribution is 6.31. The van der Waals surface area contributed by atoms with Crippen LogP contribution >= 0.6 is 11.6 Å². The van der Waals surface area contributed by atoms with Crippen LogP contribution in [0.3, 0.4) is 0 Å². The fourth-order valence-corrected chi connectivity index (χ4v) is 1.63. The molecule has 0 atom stereocenters. The number of benzene rings is 2. The maximum atomic E-state index is 13.3. The predicted molar refractivity (Wildman–Crippen MR) is 68.9 cm³/mol. The monoisotopic (exact) mass is 267 g/mol. The van der Waals surface area contributed by atoms with Gasteiger partial charge in [0, 0.05) is 6.07 Å². The van der Waals surface area contributed by atoms with E-state index in [1.54, 1.807) is 24.3 Å². The highest BCUT2D eigenvalue weighted by Gasteiger charge is 2.10. The van der Waals surface area contributed by atoms with Crippen molar-refractivity contribution in [2.75, 3.05) is 12.8 Å². The summed E-state index contributed by atoms with van der Waals surface area (Å²) in [5.74, 6) is 0.595. The van der Waals surface area contributed by atoms with E-state index in [0.29, 0.717) is 11.5 Å². The van der Waals surface area contributed by atoms with Crippen molar-refractivity contribution in [2.24, 2.45) is 0 Å². The second kappa shape index (κ2) is 5.14. The molecule has 0 heterocycles. The van der Waals surface area contributed by atoms with Gasteiger partial charge in [0.05, 0.1) is 17.8 Å². The van der Waals surface area contributed by atoms with Crippen molar-refractivity contribution < 1.29 is 13.9 Å². The average molecular weight is 268 g/mol. The number of anilines is 1. The molecule has 2 aromatic carbocycles. The number of ether oxygens (including phenoxy) is 2. The number of nitrogens with two attached hydrogens (primary N) is 1. The Bertz CT molecular complexity index is 575. The Morgan fingerprint density at radius 1 is 1.11 bits per heavy atom. The number of rotatable bonds is 3. The van der Waals surface area contributed by atoms with Gasteiger partial charge in [0.25, 0.3) is 0 Å². The van der Waals surface area contributed by atoms with Crippen LogP contribution in [0.1, 0.15) is 0 Å². The van der Waals surface area contributed by atoms with Gasteiger partial charge < -0.3 is 15.2 Å². The summed E-state index contributed by atoms with van der Waals surface area (Å²) < 4.78 is 24.0. The molecule has 0 unspecified atom stereocenters. The summed E-state index contributed by atoms with van der Waals surface area (Å²) in [7, 11) is 1.52. The molecule has 0 spiro atoms. The largest absolute Gasteiger partial charge is 0.493 e. The smallest absolute Gasteiger partial charge is 0.169 e. The van der Waals surface area contributed by atoms with E-state index < -0.39 is 5.82 Å². The molecule has 0 aliphatic heterocycles. The van der Waals surface area contributed by atoms with Gasteiger partial charge in [0.2, 0.25) is 0 Å². The third-order valence-corrected chi connectivity index (χ3v) is 2.63. The van der Waals surface area contributed by atoms with Gasteiger partial charge in [-0.05, 0) is 18.2 Å². The Labute approximate surface area is 109 Å². The summed E-state index contributed by atoms with van der Waals surface area (Å²) in [4.78, 5) is 0. The summed E-state index contributed by atoms with van der Waals surface area (Å²) in [5, 5.41) is -0.0418. The summed E-state index contributed by atoms with van der Waals surface area (Å²) in [6.07, 6.45) is 0. The minimum Gasteiger partial charge on any atom is -0.493 e. The molecule has 5 heteroatoms. The lowest BCUT2D eigenvalue weighted by Crippen LogP contribution is -1.95. The van der Waals surface area contributed by atoms with Crippen molar-refractivity contribution in [2.45, 2.75) is 0 Å². The number of methoxy groups -OCH3 is 1. The molecule has 0 aliphatic rings. The van der Waals surface area contributed by atoms with Crippen molar-refractivity contribution >= 4 is 17.3 Å². The maximum Gasteiger partial charge on any atom is 0.169 e. The lowest BCUT2D eigenvalue weighted by Gasteiger charge is -2.12. The fraction of sp³-hybridized carbons (Fsp3) is 0.0769. The number of hydrogen-bond acceptors (Lipinski definition) is 3. The van der Waals surface area contributed by atoms with Crippen LogP contribution in [-0.2, 0) is 0 Å². The molecule has 0 aliphatic carbocycles. The second-order valence-corrected chi connectivity index (χ2v) is 3.96. The summed E-state index contributed by atoms with van der Waals surface area (Å²) >= 11 is 5.61. The number of hydrogen-bond donors (Lipinski definition) is 1. The molecule has 18 heavy (non-hydrogen) atoms. The van der Waals surface area contributed by atoms with Crippen LogP contribution in [0.4, 0.5) is 10.1 Å². The van der Waals surface area contributed by atoms with Gasteiger partial charge in [0.15, 0.2) is 17.2 Å². The minimum atomic E-state index is -0.587. The zero-order chi connectivity index (χ0) is 13.1. The van der Waals surface area contributed by atoms with E-state index in [9.17, 15) is 4.39 Å². The quantitative estimate of drug-likeness (QED) is 0.859. The first-order chi connectivity index (χ1) is 8.61. The van der Waals surface area contributed by atoms with Crippen molar-refractivity contribution in [1.82, 2.24) is 0 Å². The van der Waals surface area contributed by atoms with Gasteiger partial charge in [-0.3, -0.25) is 0 Å². The Morgan fingerprint density at radius 2 is 1.78 bits per heavy atom. The molecule has 2 aromatic rings. The first-order valence-electron chi connectivity index (χ1n) is 5.17. The SMILES string of the molecule is COc1ccccc1Oc1cc(F)c(Cl)cc1N. The normalized spacial score (nSPS) is 10.2. The Balaban J connectivity index is 2.37. The van der Waals surface area contributed by atoms with E-state index in [2.05, 4.69) is 0 Å². The van der Waals surface area contributed by atoms with Gasteiger partial charge in [0.1, 0.15) is 5.82 Å². The van der Waals surface area contributed by atoms with E-state index in [-0.39, 0.29) is 16.5 Å². The molecular formula is C13H11ClFNO2.